The third-order valence-corrected chi connectivity index (χ3v) is 6.47. The van der Waals surface area contributed by atoms with Crippen molar-refractivity contribution in [3.8, 4) is 5.75 Å². The third-order valence-electron chi connectivity index (χ3n) is 6.47. The normalized spacial score (nSPS) is 15.9. The van der Waals surface area contributed by atoms with Crippen LogP contribution < -0.4 is 4.74 Å². The summed E-state index contributed by atoms with van der Waals surface area (Å²) in [6.07, 6.45) is 1.96. The number of fused-ring (bicyclic) bond motifs is 1. The highest BCUT2D eigenvalue weighted by Crippen LogP contribution is 2.37. The Morgan fingerprint density at radius 3 is 2.21 bits per heavy atom. The van der Waals surface area contributed by atoms with Gasteiger partial charge in [0, 0.05) is 5.56 Å². The number of unbranched alkanes of at least 4 members (excludes halogenated alkanes) is 4. The SMILES string of the molecule is CCCCCCCc1cc(F)c(CCC2CCc3c(cc(F)c(OC(F)(F)F)c3F)C2)c(F)c1. The molecular weight excluding hydrogens is 461 g/mol. The number of hydrogen-bond acceptors (Lipinski definition) is 1. The number of aryl methyl sites for hydroxylation is 1. The van der Waals surface area contributed by atoms with E-state index in [9.17, 15) is 30.7 Å². The van der Waals surface area contributed by atoms with Gasteiger partial charge in [-0.3, -0.25) is 0 Å². The lowest BCUT2D eigenvalue weighted by molar-refractivity contribution is -0.276. The van der Waals surface area contributed by atoms with Crippen LogP contribution in [0.1, 0.15) is 74.1 Å². The predicted octanol–water partition coefficient (Wildman–Crippen LogP) is 8.39. The van der Waals surface area contributed by atoms with E-state index in [0.29, 0.717) is 24.8 Å². The first kappa shape index (κ1) is 26.4. The van der Waals surface area contributed by atoms with E-state index >= 15 is 0 Å². The van der Waals surface area contributed by atoms with Crippen LogP contribution in [0.25, 0.3) is 0 Å². The summed E-state index contributed by atoms with van der Waals surface area (Å²) in [5.41, 5.74) is 0.883. The average molecular weight is 491 g/mol. The molecule has 1 aliphatic rings. The van der Waals surface area contributed by atoms with Crippen LogP contribution in [0, 0.1) is 29.2 Å². The second-order valence-electron chi connectivity index (χ2n) is 9.04. The van der Waals surface area contributed by atoms with Gasteiger partial charge in [0.1, 0.15) is 11.6 Å². The second-order valence-corrected chi connectivity index (χ2v) is 9.04. The van der Waals surface area contributed by atoms with Crippen LogP contribution in [0.5, 0.6) is 5.75 Å². The number of benzene rings is 2. The molecule has 0 saturated carbocycles. The molecule has 0 aliphatic heterocycles. The minimum Gasteiger partial charge on any atom is -0.399 e. The summed E-state index contributed by atoms with van der Waals surface area (Å²) in [5.74, 6) is -5.49. The maximum absolute atomic E-state index is 14.6. The molecule has 1 atom stereocenters. The first-order chi connectivity index (χ1) is 16.1. The Hall–Kier alpha value is -2.25. The van der Waals surface area contributed by atoms with Crippen LogP contribution >= 0.6 is 0 Å². The Kier molecular flexibility index (Phi) is 8.88. The van der Waals surface area contributed by atoms with Crippen LogP contribution in [-0.2, 0) is 25.7 Å². The maximum atomic E-state index is 14.6. The summed E-state index contributed by atoms with van der Waals surface area (Å²) in [7, 11) is 0. The van der Waals surface area contributed by atoms with Crippen molar-refractivity contribution in [3.63, 3.8) is 0 Å². The molecule has 0 saturated heterocycles. The van der Waals surface area contributed by atoms with Crippen molar-refractivity contribution >= 4 is 0 Å². The summed E-state index contributed by atoms with van der Waals surface area (Å²) in [4.78, 5) is 0. The summed E-state index contributed by atoms with van der Waals surface area (Å²) in [6, 6.07) is 3.62. The number of hydrogen-bond donors (Lipinski definition) is 0. The Bertz CT molecular complexity index is 961. The zero-order valence-corrected chi connectivity index (χ0v) is 19.1. The van der Waals surface area contributed by atoms with Crippen LogP contribution in [0.2, 0.25) is 0 Å². The zero-order chi connectivity index (χ0) is 24.9. The first-order valence-corrected chi connectivity index (χ1v) is 11.8. The van der Waals surface area contributed by atoms with Crippen molar-refractivity contribution in [1.82, 2.24) is 0 Å². The molecule has 188 valence electrons. The smallest absolute Gasteiger partial charge is 0.399 e. The maximum Gasteiger partial charge on any atom is 0.573 e. The van der Waals surface area contributed by atoms with Crippen molar-refractivity contribution in [2.45, 2.75) is 83.9 Å². The van der Waals surface area contributed by atoms with Gasteiger partial charge in [0.15, 0.2) is 11.6 Å². The molecule has 0 radical (unpaired) electrons. The number of ether oxygens (including phenoxy) is 1. The van der Waals surface area contributed by atoms with Gasteiger partial charge < -0.3 is 4.74 Å². The van der Waals surface area contributed by atoms with Crippen LogP contribution in [-0.4, -0.2) is 6.36 Å². The predicted molar refractivity (Wildman–Crippen MR) is 116 cm³/mol. The van der Waals surface area contributed by atoms with Crippen molar-refractivity contribution in [2.75, 3.05) is 0 Å². The summed E-state index contributed by atoms with van der Waals surface area (Å²) < 4.78 is 98.5. The van der Waals surface area contributed by atoms with E-state index in [1.54, 1.807) is 0 Å². The Labute approximate surface area is 195 Å². The second kappa shape index (κ2) is 11.5. The fourth-order valence-corrected chi connectivity index (χ4v) is 4.68. The highest BCUT2D eigenvalue weighted by Gasteiger charge is 2.36. The first-order valence-electron chi connectivity index (χ1n) is 11.8. The molecular formula is C26H29F7O. The van der Waals surface area contributed by atoms with E-state index in [4.69, 9.17) is 0 Å². The van der Waals surface area contributed by atoms with Crippen molar-refractivity contribution < 1.29 is 35.5 Å². The fraction of sp³-hybridized carbons (Fsp3) is 0.538. The standard InChI is InChI=1S/C26H29F7O/c1-2-3-4-5-6-7-17-13-21(27)20(22(28)14-17)11-9-16-8-10-19-18(12-16)15-23(29)25(24(19)30)34-26(31,32)33/h13-16H,2-12H2,1H3. The lowest BCUT2D eigenvalue weighted by Crippen LogP contribution is -2.22. The van der Waals surface area contributed by atoms with Gasteiger partial charge in [0.2, 0.25) is 5.75 Å². The van der Waals surface area contributed by atoms with Crippen molar-refractivity contribution in [3.05, 3.63) is 63.7 Å². The molecule has 8 heteroatoms. The molecule has 34 heavy (non-hydrogen) atoms. The van der Waals surface area contributed by atoms with Crippen LogP contribution in [0.15, 0.2) is 18.2 Å². The zero-order valence-electron chi connectivity index (χ0n) is 19.1. The van der Waals surface area contributed by atoms with Crippen LogP contribution in [0.3, 0.4) is 0 Å². The molecule has 0 fully saturated rings. The lowest BCUT2D eigenvalue weighted by Gasteiger charge is -2.26. The van der Waals surface area contributed by atoms with E-state index in [2.05, 4.69) is 11.7 Å². The number of alkyl halides is 3. The van der Waals surface area contributed by atoms with E-state index in [1.165, 1.54) is 12.1 Å². The Morgan fingerprint density at radius 1 is 0.882 bits per heavy atom. The topological polar surface area (TPSA) is 9.23 Å². The molecule has 1 unspecified atom stereocenters. The number of halogens is 7. The van der Waals surface area contributed by atoms with Gasteiger partial charge in [-0.25, -0.2) is 17.6 Å². The molecule has 0 heterocycles. The van der Waals surface area contributed by atoms with Crippen molar-refractivity contribution in [2.24, 2.45) is 5.92 Å². The Morgan fingerprint density at radius 2 is 1.56 bits per heavy atom. The molecule has 0 aromatic heterocycles. The molecule has 1 nitrogen and oxygen atoms in total. The molecule has 3 rings (SSSR count). The average Bonchev–Trinajstić information content (AvgIpc) is 2.75. The van der Waals surface area contributed by atoms with Gasteiger partial charge >= 0.3 is 6.36 Å². The minimum atomic E-state index is -5.20. The van der Waals surface area contributed by atoms with Gasteiger partial charge in [-0.05, 0) is 85.8 Å². The molecule has 2 aromatic rings. The van der Waals surface area contributed by atoms with Gasteiger partial charge in [-0.15, -0.1) is 13.2 Å². The molecule has 1 aliphatic carbocycles. The van der Waals surface area contributed by atoms with E-state index in [-0.39, 0.29) is 41.9 Å². The monoisotopic (exact) mass is 490 g/mol. The van der Waals surface area contributed by atoms with E-state index in [1.807, 2.05) is 0 Å². The van der Waals surface area contributed by atoms with E-state index in [0.717, 1.165) is 38.2 Å². The quantitative estimate of drug-likeness (QED) is 0.240. The summed E-state index contributed by atoms with van der Waals surface area (Å²) >= 11 is 0. The van der Waals surface area contributed by atoms with Gasteiger partial charge in [0.25, 0.3) is 0 Å². The lowest BCUT2D eigenvalue weighted by atomic mass is 9.80. The van der Waals surface area contributed by atoms with Crippen LogP contribution in [0.4, 0.5) is 30.7 Å². The molecule has 0 bridgehead atoms. The Balaban J connectivity index is 1.61. The molecule has 0 spiro atoms. The highest BCUT2D eigenvalue weighted by molar-refractivity contribution is 5.41. The molecule has 2 aromatic carbocycles. The molecule has 0 amide bonds. The number of rotatable bonds is 10. The van der Waals surface area contributed by atoms with E-state index < -0.39 is 35.4 Å². The largest absolute Gasteiger partial charge is 0.573 e. The summed E-state index contributed by atoms with van der Waals surface area (Å²) in [6.45, 7) is 2.12. The van der Waals surface area contributed by atoms with Crippen molar-refractivity contribution in [1.29, 1.82) is 0 Å². The summed E-state index contributed by atoms with van der Waals surface area (Å²) in [5, 5.41) is 0. The van der Waals surface area contributed by atoms with Gasteiger partial charge in [-0.2, -0.15) is 0 Å². The highest BCUT2D eigenvalue weighted by atomic mass is 19.4. The molecule has 0 N–H and O–H groups in total. The third kappa shape index (κ3) is 6.89. The van der Waals surface area contributed by atoms with Gasteiger partial charge in [0.05, 0.1) is 0 Å². The minimum absolute atomic E-state index is 0.00227. The van der Waals surface area contributed by atoms with Gasteiger partial charge in [-0.1, -0.05) is 32.6 Å². The fourth-order valence-electron chi connectivity index (χ4n) is 4.68.